The van der Waals surface area contributed by atoms with Gasteiger partial charge in [-0.1, -0.05) is 30.3 Å². The number of morpholine rings is 1. The van der Waals surface area contributed by atoms with Crippen molar-refractivity contribution in [1.82, 2.24) is 24.4 Å². The average Bonchev–Trinajstić information content (AvgIpc) is 3.49. The maximum Gasteiger partial charge on any atom is 0.214 e. The largest absolute Gasteiger partial charge is 0.493 e. The number of aromatic hydroxyl groups is 1. The maximum atomic E-state index is 10.7. The summed E-state index contributed by atoms with van der Waals surface area (Å²) in [4.78, 5) is 6.41. The summed E-state index contributed by atoms with van der Waals surface area (Å²) in [5.41, 5.74) is 5.13. The van der Waals surface area contributed by atoms with Crippen molar-refractivity contribution in [1.29, 1.82) is 0 Å². The average molecular weight is 438 g/mol. The van der Waals surface area contributed by atoms with Gasteiger partial charge in [0.05, 0.1) is 35.8 Å². The highest BCUT2D eigenvalue weighted by Gasteiger charge is 2.19. The molecule has 1 aromatic carbocycles. The van der Waals surface area contributed by atoms with Crippen molar-refractivity contribution >= 4 is 11.3 Å². The van der Waals surface area contributed by atoms with Crippen molar-refractivity contribution in [3.8, 4) is 34.1 Å². The molecule has 8 heteroatoms. The van der Waals surface area contributed by atoms with Crippen LogP contribution < -0.4 is 4.90 Å². The van der Waals surface area contributed by atoms with E-state index >= 15 is 0 Å². The van der Waals surface area contributed by atoms with Gasteiger partial charge in [0.15, 0.2) is 0 Å². The van der Waals surface area contributed by atoms with Gasteiger partial charge in [0.25, 0.3) is 0 Å². The van der Waals surface area contributed by atoms with Crippen molar-refractivity contribution in [3.05, 3.63) is 79.1 Å². The molecule has 0 spiro atoms. The van der Waals surface area contributed by atoms with Crippen LogP contribution in [0.1, 0.15) is 0 Å². The molecule has 0 saturated carbocycles. The molecule has 164 valence electrons. The van der Waals surface area contributed by atoms with Crippen LogP contribution in [0.2, 0.25) is 0 Å². The second-order valence-corrected chi connectivity index (χ2v) is 7.94. The Morgan fingerprint density at radius 1 is 0.818 bits per heavy atom. The van der Waals surface area contributed by atoms with Gasteiger partial charge in [-0.2, -0.15) is 10.2 Å². The first-order valence-electron chi connectivity index (χ1n) is 10.9. The quantitative estimate of drug-likeness (QED) is 0.460. The molecule has 0 radical (unpaired) electrons. The molecule has 0 atom stereocenters. The standard InChI is InChI=1S/C25H22N6O2/c32-25-16-23(19-7-4-8-26-17-19)28-31(25)21-13-20-14-22(18-5-2-1-3-6-18)27-30(20)24(15-21)29-9-11-33-12-10-29/h1-8,13-17,32H,9-12H2. The van der Waals surface area contributed by atoms with E-state index in [1.165, 1.54) is 0 Å². The van der Waals surface area contributed by atoms with E-state index in [9.17, 15) is 5.11 Å². The smallest absolute Gasteiger partial charge is 0.214 e. The first-order chi connectivity index (χ1) is 16.3. The van der Waals surface area contributed by atoms with Gasteiger partial charge >= 0.3 is 0 Å². The fourth-order valence-corrected chi connectivity index (χ4v) is 4.18. The number of fused-ring (bicyclic) bond motifs is 1. The summed E-state index contributed by atoms with van der Waals surface area (Å²) in [7, 11) is 0. The number of anilines is 1. The molecule has 1 fully saturated rings. The van der Waals surface area contributed by atoms with E-state index in [2.05, 4.69) is 33.2 Å². The van der Waals surface area contributed by atoms with Gasteiger partial charge in [0, 0.05) is 48.7 Å². The lowest BCUT2D eigenvalue weighted by Gasteiger charge is -2.29. The Hall–Kier alpha value is -4.17. The first-order valence-corrected chi connectivity index (χ1v) is 10.9. The number of hydrogen-bond donors (Lipinski definition) is 1. The van der Waals surface area contributed by atoms with E-state index in [0.717, 1.165) is 46.9 Å². The molecule has 6 rings (SSSR count). The fraction of sp³-hybridized carbons (Fsp3) is 0.160. The summed E-state index contributed by atoms with van der Waals surface area (Å²) in [5.74, 6) is 1.000. The second-order valence-electron chi connectivity index (χ2n) is 7.94. The molecule has 0 unspecified atom stereocenters. The third-order valence-corrected chi connectivity index (χ3v) is 5.82. The molecule has 1 saturated heterocycles. The number of rotatable bonds is 4. The van der Waals surface area contributed by atoms with Gasteiger partial charge in [0.2, 0.25) is 5.88 Å². The van der Waals surface area contributed by atoms with Crippen LogP contribution in [0.3, 0.4) is 0 Å². The van der Waals surface area contributed by atoms with E-state index in [1.807, 2.05) is 47.0 Å². The first kappa shape index (κ1) is 19.5. The predicted octanol–water partition coefficient (Wildman–Crippen LogP) is 3.79. The van der Waals surface area contributed by atoms with E-state index in [0.29, 0.717) is 18.9 Å². The zero-order valence-electron chi connectivity index (χ0n) is 17.9. The summed E-state index contributed by atoms with van der Waals surface area (Å²) < 4.78 is 9.07. The van der Waals surface area contributed by atoms with Crippen LogP contribution in [0.25, 0.3) is 33.7 Å². The van der Waals surface area contributed by atoms with Crippen molar-refractivity contribution in [2.45, 2.75) is 0 Å². The van der Waals surface area contributed by atoms with Crippen LogP contribution >= 0.6 is 0 Å². The third-order valence-electron chi connectivity index (χ3n) is 5.82. The minimum atomic E-state index is 0.0638. The molecule has 8 nitrogen and oxygen atoms in total. The van der Waals surface area contributed by atoms with Crippen molar-refractivity contribution < 1.29 is 9.84 Å². The van der Waals surface area contributed by atoms with Crippen LogP contribution in [0.4, 0.5) is 5.82 Å². The Morgan fingerprint density at radius 2 is 1.61 bits per heavy atom. The monoisotopic (exact) mass is 438 g/mol. The van der Waals surface area contributed by atoms with E-state index in [1.54, 1.807) is 23.1 Å². The number of ether oxygens (including phenoxy) is 1. The van der Waals surface area contributed by atoms with Crippen LogP contribution in [0.15, 0.2) is 79.1 Å². The van der Waals surface area contributed by atoms with Gasteiger partial charge in [0.1, 0.15) is 5.82 Å². The molecular formula is C25H22N6O2. The zero-order chi connectivity index (χ0) is 22.2. The minimum absolute atomic E-state index is 0.0638. The SMILES string of the molecule is Oc1cc(-c2cccnc2)nn1-c1cc(N2CCOCC2)n2nc(-c3ccccc3)cc2c1. The van der Waals surface area contributed by atoms with Crippen LogP contribution in [0.5, 0.6) is 5.88 Å². The van der Waals surface area contributed by atoms with Crippen molar-refractivity contribution in [2.75, 3.05) is 31.2 Å². The van der Waals surface area contributed by atoms with E-state index in [-0.39, 0.29) is 5.88 Å². The molecule has 5 heterocycles. The molecule has 33 heavy (non-hydrogen) atoms. The van der Waals surface area contributed by atoms with E-state index in [4.69, 9.17) is 9.84 Å². The molecule has 5 aromatic rings. The highest BCUT2D eigenvalue weighted by Crippen LogP contribution is 2.30. The number of aromatic nitrogens is 5. The van der Waals surface area contributed by atoms with Gasteiger partial charge < -0.3 is 14.7 Å². The molecule has 0 amide bonds. The second kappa shape index (κ2) is 8.07. The zero-order valence-corrected chi connectivity index (χ0v) is 17.9. The Morgan fingerprint density at radius 3 is 2.39 bits per heavy atom. The lowest BCUT2D eigenvalue weighted by atomic mass is 10.1. The Kier molecular flexibility index (Phi) is 4.77. The van der Waals surface area contributed by atoms with Gasteiger partial charge in [-0.25, -0.2) is 9.20 Å². The third kappa shape index (κ3) is 3.60. The van der Waals surface area contributed by atoms with Gasteiger partial charge in [-0.15, -0.1) is 0 Å². The summed E-state index contributed by atoms with van der Waals surface area (Å²) in [6.45, 7) is 2.86. The normalized spacial score (nSPS) is 14.1. The van der Waals surface area contributed by atoms with Gasteiger partial charge in [-0.05, 0) is 24.3 Å². The number of benzene rings is 1. The summed E-state index contributed by atoms with van der Waals surface area (Å²) in [6, 6.07) is 21.6. The van der Waals surface area contributed by atoms with Crippen molar-refractivity contribution in [3.63, 3.8) is 0 Å². The maximum absolute atomic E-state index is 10.7. The summed E-state index contributed by atoms with van der Waals surface area (Å²) in [6.07, 6.45) is 3.45. The molecule has 4 aromatic heterocycles. The lowest BCUT2D eigenvalue weighted by molar-refractivity contribution is 0.122. The number of hydrogen-bond acceptors (Lipinski definition) is 6. The number of pyridine rings is 2. The van der Waals surface area contributed by atoms with Crippen LogP contribution in [0, 0.1) is 0 Å². The fourth-order valence-electron chi connectivity index (χ4n) is 4.18. The molecule has 1 N–H and O–H groups in total. The molecule has 1 aliphatic heterocycles. The topological polar surface area (TPSA) is 80.7 Å². The van der Waals surface area contributed by atoms with Crippen LogP contribution in [-0.2, 0) is 4.74 Å². The summed E-state index contributed by atoms with van der Waals surface area (Å²) in [5, 5.41) is 20.3. The Labute approximate surface area is 190 Å². The molecular weight excluding hydrogens is 416 g/mol. The Bertz CT molecular complexity index is 1410. The molecule has 0 bridgehead atoms. The molecule has 0 aliphatic carbocycles. The van der Waals surface area contributed by atoms with E-state index < -0.39 is 0 Å². The highest BCUT2D eigenvalue weighted by atomic mass is 16.5. The molecule has 1 aliphatic rings. The Balaban J connectivity index is 1.51. The number of nitrogens with zero attached hydrogens (tertiary/aromatic N) is 6. The highest BCUT2D eigenvalue weighted by molar-refractivity contribution is 5.71. The minimum Gasteiger partial charge on any atom is -0.493 e. The predicted molar refractivity (Wildman–Crippen MR) is 126 cm³/mol. The van der Waals surface area contributed by atoms with Gasteiger partial charge in [-0.3, -0.25) is 4.98 Å². The lowest BCUT2D eigenvalue weighted by Crippen LogP contribution is -2.37. The van der Waals surface area contributed by atoms with Crippen molar-refractivity contribution in [2.24, 2.45) is 0 Å². The summed E-state index contributed by atoms with van der Waals surface area (Å²) >= 11 is 0. The van der Waals surface area contributed by atoms with Crippen LogP contribution in [-0.4, -0.2) is 55.8 Å².